The fourth-order valence-electron chi connectivity index (χ4n) is 6.27. The molecule has 0 amide bonds. The van der Waals surface area contributed by atoms with Gasteiger partial charge in [0.15, 0.2) is 0 Å². The highest BCUT2D eigenvalue weighted by Gasteiger charge is 2.19. The fraction of sp³-hybridized carbons (Fsp3) is 0. The quantitative estimate of drug-likeness (QED) is 0.198. The summed E-state index contributed by atoms with van der Waals surface area (Å²) >= 11 is 1.72. The van der Waals surface area contributed by atoms with Crippen LogP contribution in [0, 0.1) is 0 Å². The normalized spacial score (nSPS) is 11.6. The molecule has 2 heterocycles. The molecular formula is C41H26N2OS. The molecule has 0 saturated carbocycles. The summed E-state index contributed by atoms with van der Waals surface area (Å²) in [7, 11) is 0. The Morgan fingerprint density at radius 2 is 1.13 bits per heavy atom. The van der Waals surface area contributed by atoms with Gasteiger partial charge in [0.05, 0.1) is 10.2 Å². The minimum absolute atomic E-state index is 0.858. The summed E-state index contributed by atoms with van der Waals surface area (Å²) < 4.78 is 7.69. The zero-order valence-corrected chi connectivity index (χ0v) is 25.0. The van der Waals surface area contributed by atoms with Gasteiger partial charge in [-0.05, 0) is 70.4 Å². The number of furan rings is 1. The number of nitrogens with zero attached hydrogens (tertiary/aromatic N) is 2. The van der Waals surface area contributed by atoms with Crippen molar-refractivity contribution in [1.29, 1.82) is 0 Å². The standard InChI is InChI=1S/C41H26N2OS/c1-3-9-27(10-4-1)29-15-18-32(19-16-29)43(33-20-17-28-11-7-8-14-31(28)25-33)34-21-22-35-38(26-34)44-37-24-23-36-40(39(35)37)45-41(42-36)30-12-5-2-6-13-30/h1-26H. The Kier molecular flexibility index (Phi) is 6.00. The summed E-state index contributed by atoms with van der Waals surface area (Å²) in [6.07, 6.45) is 0. The zero-order chi connectivity index (χ0) is 29.7. The Labute approximate surface area is 264 Å². The summed E-state index contributed by atoms with van der Waals surface area (Å²) in [4.78, 5) is 7.28. The predicted octanol–water partition coefficient (Wildman–Crippen LogP) is 12.2. The van der Waals surface area contributed by atoms with E-state index in [1.807, 2.05) is 6.07 Å². The van der Waals surface area contributed by atoms with Crippen molar-refractivity contribution in [2.45, 2.75) is 0 Å². The van der Waals surface area contributed by atoms with Gasteiger partial charge in [0.2, 0.25) is 0 Å². The number of thiazole rings is 1. The van der Waals surface area contributed by atoms with Crippen LogP contribution >= 0.6 is 11.3 Å². The molecule has 9 rings (SSSR count). The molecule has 0 atom stereocenters. The minimum Gasteiger partial charge on any atom is -0.456 e. The molecule has 9 aromatic rings. The van der Waals surface area contributed by atoms with Crippen LogP contribution in [0.4, 0.5) is 17.1 Å². The molecule has 212 valence electrons. The van der Waals surface area contributed by atoms with Gasteiger partial charge in [0.25, 0.3) is 0 Å². The molecule has 0 radical (unpaired) electrons. The van der Waals surface area contributed by atoms with Crippen LogP contribution in [0.1, 0.15) is 0 Å². The average molecular weight is 595 g/mol. The Morgan fingerprint density at radius 3 is 1.93 bits per heavy atom. The van der Waals surface area contributed by atoms with Crippen molar-refractivity contribution in [3.63, 3.8) is 0 Å². The molecule has 0 saturated heterocycles. The van der Waals surface area contributed by atoms with Gasteiger partial charge < -0.3 is 9.32 Å². The van der Waals surface area contributed by atoms with Crippen molar-refractivity contribution in [2.24, 2.45) is 0 Å². The van der Waals surface area contributed by atoms with Crippen molar-refractivity contribution in [1.82, 2.24) is 4.98 Å². The van der Waals surface area contributed by atoms with Gasteiger partial charge >= 0.3 is 0 Å². The lowest BCUT2D eigenvalue weighted by atomic mass is 10.0. The number of benzene rings is 7. The molecule has 0 N–H and O–H groups in total. The summed E-state index contributed by atoms with van der Waals surface area (Å²) in [5.74, 6) is 0. The lowest BCUT2D eigenvalue weighted by Crippen LogP contribution is -2.09. The molecule has 45 heavy (non-hydrogen) atoms. The van der Waals surface area contributed by atoms with Crippen LogP contribution < -0.4 is 4.90 Å². The first-order valence-electron chi connectivity index (χ1n) is 15.0. The molecule has 0 fully saturated rings. The van der Waals surface area contributed by atoms with Gasteiger partial charge in [0, 0.05) is 39.5 Å². The van der Waals surface area contributed by atoms with Crippen LogP contribution in [0.25, 0.3) is 64.6 Å². The molecule has 4 heteroatoms. The molecule has 0 bridgehead atoms. The van der Waals surface area contributed by atoms with E-state index >= 15 is 0 Å². The molecule has 2 aromatic heterocycles. The highest BCUT2D eigenvalue weighted by Crippen LogP contribution is 2.43. The highest BCUT2D eigenvalue weighted by atomic mass is 32.1. The Bertz CT molecular complexity index is 2480. The highest BCUT2D eigenvalue weighted by molar-refractivity contribution is 7.22. The first-order valence-corrected chi connectivity index (χ1v) is 15.9. The van der Waals surface area contributed by atoms with Crippen LogP contribution in [-0.4, -0.2) is 4.98 Å². The maximum atomic E-state index is 6.54. The van der Waals surface area contributed by atoms with E-state index in [2.05, 4.69) is 157 Å². The number of fused-ring (bicyclic) bond motifs is 6. The molecule has 0 aliphatic carbocycles. The fourth-order valence-corrected chi connectivity index (χ4v) is 7.40. The van der Waals surface area contributed by atoms with Crippen molar-refractivity contribution in [2.75, 3.05) is 4.90 Å². The Hall–Kier alpha value is -5.71. The molecule has 0 spiro atoms. The average Bonchev–Trinajstić information content (AvgIpc) is 3.71. The maximum absolute atomic E-state index is 6.54. The summed E-state index contributed by atoms with van der Waals surface area (Å²) in [6.45, 7) is 0. The third-order valence-corrected chi connectivity index (χ3v) is 9.61. The van der Waals surface area contributed by atoms with Crippen LogP contribution in [0.15, 0.2) is 162 Å². The molecular weight excluding hydrogens is 569 g/mol. The van der Waals surface area contributed by atoms with E-state index in [1.165, 1.54) is 21.9 Å². The first kappa shape index (κ1) is 25.8. The molecule has 3 nitrogen and oxygen atoms in total. The SMILES string of the molecule is c1ccc(-c2ccc(N(c3ccc4ccccc4c3)c3ccc4c(c3)oc3ccc5nc(-c6ccccc6)sc5c34)cc2)cc1. The number of anilines is 3. The number of hydrogen-bond donors (Lipinski definition) is 0. The third kappa shape index (κ3) is 4.46. The van der Waals surface area contributed by atoms with Crippen molar-refractivity contribution in [3.8, 4) is 21.7 Å². The summed E-state index contributed by atoms with van der Waals surface area (Å²) in [5, 5.41) is 5.66. The minimum atomic E-state index is 0.858. The van der Waals surface area contributed by atoms with E-state index in [-0.39, 0.29) is 0 Å². The first-order chi connectivity index (χ1) is 22.3. The van der Waals surface area contributed by atoms with Gasteiger partial charge in [-0.15, -0.1) is 11.3 Å². The van der Waals surface area contributed by atoms with Crippen LogP contribution in [0.2, 0.25) is 0 Å². The van der Waals surface area contributed by atoms with Crippen molar-refractivity contribution in [3.05, 3.63) is 158 Å². The van der Waals surface area contributed by atoms with Crippen LogP contribution in [0.3, 0.4) is 0 Å². The smallest absolute Gasteiger partial charge is 0.137 e. The second kappa shape index (κ2) is 10.5. The van der Waals surface area contributed by atoms with Crippen molar-refractivity contribution >= 4 is 71.3 Å². The molecule has 0 aliphatic heterocycles. The van der Waals surface area contributed by atoms with E-state index in [0.717, 1.165) is 59.8 Å². The van der Waals surface area contributed by atoms with Gasteiger partial charge in [0.1, 0.15) is 16.2 Å². The van der Waals surface area contributed by atoms with E-state index in [0.29, 0.717) is 0 Å². The lowest BCUT2D eigenvalue weighted by molar-refractivity contribution is 0.669. The largest absolute Gasteiger partial charge is 0.456 e. The maximum Gasteiger partial charge on any atom is 0.137 e. The summed E-state index contributed by atoms with van der Waals surface area (Å²) in [5.41, 5.74) is 9.46. The monoisotopic (exact) mass is 594 g/mol. The topological polar surface area (TPSA) is 29.3 Å². The van der Waals surface area contributed by atoms with Crippen LogP contribution in [0.5, 0.6) is 0 Å². The van der Waals surface area contributed by atoms with Gasteiger partial charge in [-0.25, -0.2) is 4.98 Å². The Morgan fingerprint density at radius 1 is 0.489 bits per heavy atom. The van der Waals surface area contributed by atoms with Crippen molar-refractivity contribution < 1.29 is 4.42 Å². The summed E-state index contributed by atoms with van der Waals surface area (Å²) in [6, 6.07) is 55.5. The van der Waals surface area contributed by atoms with E-state index in [4.69, 9.17) is 9.40 Å². The van der Waals surface area contributed by atoms with Gasteiger partial charge in [-0.3, -0.25) is 0 Å². The van der Waals surface area contributed by atoms with Gasteiger partial charge in [-0.2, -0.15) is 0 Å². The predicted molar refractivity (Wildman–Crippen MR) is 190 cm³/mol. The number of hydrogen-bond acceptors (Lipinski definition) is 4. The molecule has 0 aliphatic rings. The second-order valence-corrected chi connectivity index (χ2v) is 12.2. The van der Waals surface area contributed by atoms with E-state index < -0.39 is 0 Å². The molecule has 0 unspecified atom stereocenters. The second-order valence-electron chi connectivity index (χ2n) is 11.2. The molecule has 7 aromatic carbocycles. The lowest BCUT2D eigenvalue weighted by Gasteiger charge is -2.26. The van der Waals surface area contributed by atoms with Crippen LogP contribution in [-0.2, 0) is 0 Å². The van der Waals surface area contributed by atoms with E-state index in [9.17, 15) is 0 Å². The number of aromatic nitrogens is 1. The Balaban J connectivity index is 1.20. The zero-order valence-electron chi connectivity index (χ0n) is 24.2. The number of rotatable bonds is 5. The third-order valence-electron chi connectivity index (χ3n) is 8.48. The van der Waals surface area contributed by atoms with E-state index in [1.54, 1.807) is 11.3 Å². The van der Waals surface area contributed by atoms with Gasteiger partial charge in [-0.1, -0.05) is 103 Å².